The van der Waals surface area contributed by atoms with E-state index < -0.39 is 17.5 Å². The lowest BCUT2D eigenvalue weighted by Gasteiger charge is -2.41. The number of carbonyl (C=O) groups excluding carboxylic acids is 3. The van der Waals surface area contributed by atoms with E-state index in [1.165, 1.54) is 0 Å². The van der Waals surface area contributed by atoms with Crippen molar-refractivity contribution in [2.75, 3.05) is 24.5 Å². The zero-order valence-electron chi connectivity index (χ0n) is 17.0. The summed E-state index contributed by atoms with van der Waals surface area (Å²) in [6, 6.07) is 19.0. The summed E-state index contributed by atoms with van der Waals surface area (Å²) >= 11 is 0. The molecule has 2 heterocycles. The molecule has 2 atom stereocenters. The molecule has 0 aliphatic carbocycles. The maximum atomic E-state index is 13.0. The SMILES string of the molecule is C[C@H]1CN(C(=O)CCC2(c3ccccc3)NC(=O)NC2=O)CCN1c1ccccc1. The molecule has 0 spiro atoms. The molecule has 2 fully saturated rings. The largest absolute Gasteiger partial charge is 0.365 e. The molecule has 0 radical (unpaired) electrons. The average Bonchev–Trinajstić information content (AvgIpc) is 3.07. The van der Waals surface area contributed by atoms with Gasteiger partial charge < -0.3 is 15.1 Å². The van der Waals surface area contributed by atoms with Crippen LogP contribution in [0.3, 0.4) is 0 Å². The van der Waals surface area contributed by atoms with E-state index in [1.54, 1.807) is 12.1 Å². The van der Waals surface area contributed by atoms with Gasteiger partial charge in [0.1, 0.15) is 5.54 Å². The van der Waals surface area contributed by atoms with Crippen molar-refractivity contribution in [1.29, 1.82) is 0 Å². The summed E-state index contributed by atoms with van der Waals surface area (Å²) in [7, 11) is 0. The number of carbonyl (C=O) groups is 3. The zero-order valence-corrected chi connectivity index (χ0v) is 17.0. The Balaban J connectivity index is 1.42. The number of nitrogens with zero attached hydrogens (tertiary/aromatic N) is 2. The van der Waals surface area contributed by atoms with Crippen molar-refractivity contribution in [3.8, 4) is 0 Å². The van der Waals surface area contributed by atoms with Crippen LogP contribution in [-0.4, -0.2) is 48.4 Å². The van der Waals surface area contributed by atoms with Gasteiger partial charge in [0.25, 0.3) is 5.91 Å². The van der Waals surface area contributed by atoms with Crippen molar-refractivity contribution in [2.24, 2.45) is 0 Å². The maximum absolute atomic E-state index is 13.0. The molecule has 2 aromatic carbocycles. The predicted molar refractivity (Wildman–Crippen MR) is 114 cm³/mol. The first-order valence-electron chi connectivity index (χ1n) is 10.3. The summed E-state index contributed by atoms with van der Waals surface area (Å²) in [6.45, 7) is 4.14. The third kappa shape index (κ3) is 3.75. The molecule has 7 nitrogen and oxygen atoms in total. The van der Waals surface area contributed by atoms with E-state index in [2.05, 4.69) is 34.6 Å². The van der Waals surface area contributed by atoms with Crippen molar-refractivity contribution in [3.63, 3.8) is 0 Å². The second-order valence-corrected chi connectivity index (χ2v) is 7.90. The fourth-order valence-electron chi connectivity index (χ4n) is 4.38. The second kappa shape index (κ2) is 8.18. The van der Waals surface area contributed by atoms with Crippen LogP contribution in [0.1, 0.15) is 25.3 Å². The highest BCUT2D eigenvalue weighted by Gasteiger charge is 2.47. The second-order valence-electron chi connectivity index (χ2n) is 7.90. The van der Waals surface area contributed by atoms with Crippen molar-refractivity contribution in [1.82, 2.24) is 15.5 Å². The first-order chi connectivity index (χ1) is 14.5. The lowest BCUT2D eigenvalue weighted by Crippen LogP contribution is -2.54. The van der Waals surface area contributed by atoms with Crippen LogP contribution in [0.2, 0.25) is 0 Å². The molecule has 4 amide bonds. The van der Waals surface area contributed by atoms with Gasteiger partial charge in [-0.3, -0.25) is 14.9 Å². The molecule has 0 aromatic heterocycles. The number of amides is 4. The molecule has 7 heteroatoms. The molecule has 2 aromatic rings. The van der Waals surface area contributed by atoms with E-state index >= 15 is 0 Å². The van der Waals surface area contributed by atoms with Crippen molar-refractivity contribution in [2.45, 2.75) is 31.3 Å². The van der Waals surface area contributed by atoms with Crippen molar-refractivity contribution in [3.05, 3.63) is 66.2 Å². The van der Waals surface area contributed by atoms with E-state index in [1.807, 2.05) is 41.3 Å². The molecule has 2 aliphatic heterocycles. The highest BCUT2D eigenvalue weighted by Crippen LogP contribution is 2.30. The maximum Gasteiger partial charge on any atom is 0.322 e. The lowest BCUT2D eigenvalue weighted by atomic mass is 9.85. The number of anilines is 1. The van der Waals surface area contributed by atoms with Crippen LogP contribution in [0.15, 0.2) is 60.7 Å². The smallest absolute Gasteiger partial charge is 0.322 e. The van der Waals surface area contributed by atoms with E-state index in [-0.39, 0.29) is 24.8 Å². The number of rotatable bonds is 5. The van der Waals surface area contributed by atoms with Gasteiger partial charge >= 0.3 is 6.03 Å². The monoisotopic (exact) mass is 406 g/mol. The standard InChI is InChI=1S/C23H26N4O3/c1-17-16-26(14-15-27(17)19-10-6-3-7-11-19)20(28)12-13-23(18-8-4-2-5-9-18)21(29)24-22(30)25-23/h2-11,17H,12-16H2,1H3,(H2,24,25,29,30)/t17-,23?/m0/s1. The third-order valence-electron chi connectivity index (χ3n) is 5.99. The van der Waals surface area contributed by atoms with Crippen LogP contribution in [-0.2, 0) is 15.1 Å². The summed E-state index contributed by atoms with van der Waals surface area (Å²) in [6.07, 6.45) is 0.404. The van der Waals surface area contributed by atoms with Crippen LogP contribution >= 0.6 is 0 Å². The number of nitrogens with one attached hydrogen (secondary N) is 2. The summed E-state index contributed by atoms with van der Waals surface area (Å²) in [5.74, 6) is -0.410. The molecule has 1 unspecified atom stereocenters. The highest BCUT2D eigenvalue weighted by atomic mass is 16.2. The fraction of sp³-hybridized carbons (Fsp3) is 0.348. The number of para-hydroxylation sites is 1. The normalized spacial score (nSPS) is 23.8. The van der Waals surface area contributed by atoms with E-state index in [0.29, 0.717) is 18.7 Å². The topological polar surface area (TPSA) is 81.8 Å². The number of imide groups is 1. The van der Waals surface area contributed by atoms with Gasteiger partial charge in [-0.2, -0.15) is 0 Å². The molecule has 0 saturated carbocycles. The first-order valence-corrected chi connectivity index (χ1v) is 10.3. The Labute approximate surface area is 176 Å². The number of benzene rings is 2. The minimum absolute atomic E-state index is 0.00110. The Kier molecular flexibility index (Phi) is 5.44. The van der Waals surface area contributed by atoms with Gasteiger partial charge in [-0.1, -0.05) is 48.5 Å². The highest BCUT2D eigenvalue weighted by molar-refractivity contribution is 6.07. The van der Waals surface area contributed by atoms with Gasteiger partial charge in [-0.25, -0.2) is 4.79 Å². The van der Waals surface area contributed by atoms with Gasteiger partial charge in [0.05, 0.1) is 0 Å². The molecule has 2 N–H and O–H groups in total. The Morgan fingerprint density at radius 2 is 1.70 bits per heavy atom. The molecule has 30 heavy (non-hydrogen) atoms. The number of hydrogen-bond acceptors (Lipinski definition) is 4. The van der Waals surface area contributed by atoms with Crippen LogP contribution in [0.25, 0.3) is 0 Å². The van der Waals surface area contributed by atoms with Crippen molar-refractivity contribution < 1.29 is 14.4 Å². The van der Waals surface area contributed by atoms with Crippen LogP contribution < -0.4 is 15.5 Å². The fourth-order valence-corrected chi connectivity index (χ4v) is 4.38. The quantitative estimate of drug-likeness (QED) is 0.746. The third-order valence-corrected chi connectivity index (χ3v) is 5.99. The van der Waals surface area contributed by atoms with Gasteiger partial charge in [0, 0.05) is 37.8 Å². The van der Waals surface area contributed by atoms with Gasteiger partial charge in [-0.15, -0.1) is 0 Å². The summed E-state index contributed by atoms with van der Waals surface area (Å²) in [5.41, 5.74) is 0.639. The van der Waals surface area contributed by atoms with Crippen molar-refractivity contribution >= 4 is 23.5 Å². The van der Waals surface area contributed by atoms with E-state index in [4.69, 9.17) is 0 Å². The lowest BCUT2D eigenvalue weighted by molar-refractivity contribution is -0.133. The number of urea groups is 1. The van der Waals surface area contributed by atoms with Gasteiger partial charge in [-0.05, 0) is 31.0 Å². The molecular formula is C23H26N4O3. The summed E-state index contributed by atoms with van der Waals surface area (Å²) in [5, 5.41) is 5.07. The molecule has 2 aliphatic rings. The molecule has 4 rings (SSSR count). The minimum Gasteiger partial charge on any atom is -0.365 e. The first kappa shape index (κ1) is 19.9. The minimum atomic E-state index is -1.20. The summed E-state index contributed by atoms with van der Waals surface area (Å²) < 4.78 is 0. The Morgan fingerprint density at radius 3 is 2.30 bits per heavy atom. The van der Waals surface area contributed by atoms with E-state index in [0.717, 1.165) is 12.2 Å². The Hall–Kier alpha value is -3.35. The predicted octanol–water partition coefficient (Wildman–Crippen LogP) is 2.24. The molecular weight excluding hydrogens is 380 g/mol. The Bertz CT molecular complexity index is 934. The van der Waals surface area contributed by atoms with E-state index in [9.17, 15) is 14.4 Å². The summed E-state index contributed by atoms with van der Waals surface area (Å²) in [4.78, 5) is 41.6. The number of hydrogen-bond donors (Lipinski definition) is 2. The van der Waals surface area contributed by atoms with Crippen LogP contribution in [0.4, 0.5) is 10.5 Å². The van der Waals surface area contributed by atoms with Gasteiger partial charge in [0.15, 0.2) is 0 Å². The average molecular weight is 406 g/mol. The molecule has 156 valence electrons. The van der Waals surface area contributed by atoms with Gasteiger partial charge in [0.2, 0.25) is 5.91 Å². The molecule has 0 bridgehead atoms. The number of piperazine rings is 1. The zero-order chi connectivity index (χ0) is 21.1. The molecule has 2 saturated heterocycles. The van der Waals surface area contributed by atoms with Crippen LogP contribution in [0, 0.1) is 0 Å². The Morgan fingerprint density at radius 1 is 1.03 bits per heavy atom. The van der Waals surface area contributed by atoms with Crippen LogP contribution in [0.5, 0.6) is 0 Å².